The van der Waals surface area contributed by atoms with E-state index >= 15 is 0 Å². The molecule has 0 amide bonds. The average Bonchev–Trinajstić information content (AvgIpc) is 2.44. The van der Waals surface area contributed by atoms with E-state index in [0.717, 1.165) is 5.56 Å². The molecule has 0 radical (unpaired) electrons. The van der Waals surface area contributed by atoms with Gasteiger partial charge in [0.05, 0.1) is 10.7 Å². The zero-order chi connectivity index (χ0) is 17.2. The van der Waals surface area contributed by atoms with E-state index in [4.69, 9.17) is 11.6 Å². The van der Waals surface area contributed by atoms with Crippen molar-refractivity contribution in [3.05, 3.63) is 53.1 Å². The Labute approximate surface area is 142 Å². The van der Waals surface area contributed by atoms with Crippen molar-refractivity contribution >= 4 is 27.3 Å². The fraction of sp³-hybridized carbons (Fsp3) is 0.294. The van der Waals surface area contributed by atoms with Crippen molar-refractivity contribution in [2.45, 2.75) is 25.7 Å². The number of aromatic hydroxyl groups is 1. The number of hydrogen-bond donors (Lipinski definition) is 1. The molecule has 0 saturated carbocycles. The van der Waals surface area contributed by atoms with E-state index in [1.807, 2.05) is 20.8 Å². The monoisotopic (exact) mass is 353 g/mol. The zero-order valence-corrected chi connectivity index (χ0v) is 14.9. The quantitative estimate of drug-likeness (QED) is 0.876. The Morgan fingerprint density at radius 2 is 1.87 bits per heavy atom. The van der Waals surface area contributed by atoms with Gasteiger partial charge in [-0.25, -0.2) is 8.42 Å². The normalized spacial score (nSPS) is 11.7. The molecule has 0 aromatic heterocycles. The molecule has 2 rings (SSSR count). The van der Waals surface area contributed by atoms with Gasteiger partial charge in [-0.1, -0.05) is 37.6 Å². The Kier molecular flexibility index (Phi) is 5.22. The van der Waals surface area contributed by atoms with Gasteiger partial charge >= 0.3 is 0 Å². The molecular weight excluding hydrogens is 334 g/mol. The van der Waals surface area contributed by atoms with Gasteiger partial charge in [-0.05, 0) is 42.7 Å². The van der Waals surface area contributed by atoms with Crippen molar-refractivity contribution in [2.24, 2.45) is 5.92 Å². The number of hydrogen-bond acceptors (Lipinski definition) is 3. The van der Waals surface area contributed by atoms with E-state index in [1.54, 1.807) is 24.3 Å². The van der Waals surface area contributed by atoms with E-state index in [0.29, 0.717) is 5.69 Å². The average molecular weight is 354 g/mol. The fourth-order valence-corrected chi connectivity index (χ4v) is 4.45. The van der Waals surface area contributed by atoms with Crippen LogP contribution in [0.5, 0.6) is 5.75 Å². The van der Waals surface area contributed by atoms with Gasteiger partial charge in [0.2, 0.25) is 0 Å². The van der Waals surface area contributed by atoms with Gasteiger partial charge in [0.15, 0.2) is 0 Å². The number of aryl methyl sites for hydroxylation is 1. The van der Waals surface area contributed by atoms with Crippen LogP contribution in [-0.2, 0) is 10.0 Å². The Morgan fingerprint density at radius 1 is 1.17 bits per heavy atom. The maximum atomic E-state index is 13.1. The van der Waals surface area contributed by atoms with E-state index in [2.05, 4.69) is 0 Å². The molecule has 0 spiro atoms. The largest absolute Gasteiger partial charge is 0.508 e. The summed E-state index contributed by atoms with van der Waals surface area (Å²) in [6.45, 7) is 6.00. The third-order valence-electron chi connectivity index (χ3n) is 3.30. The number of sulfonamides is 1. The third-order valence-corrected chi connectivity index (χ3v) is 5.58. The summed E-state index contributed by atoms with van der Waals surface area (Å²) in [5.74, 6) is 0.123. The second-order valence-corrected chi connectivity index (χ2v) is 8.12. The van der Waals surface area contributed by atoms with E-state index in [9.17, 15) is 13.5 Å². The predicted molar refractivity (Wildman–Crippen MR) is 93.7 cm³/mol. The van der Waals surface area contributed by atoms with Crippen molar-refractivity contribution < 1.29 is 13.5 Å². The first-order valence-electron chi connectivity index (χ1n) is 7.29. The lowest BCUT2D eigenvalue weighted by atomic mass is 10.2. The number of phenols is 1. The van der Waals surface area contributed by atoms with Crippen LogP contribution in [0.4, 0.5) is 5.69 Å². The zero-order valence-electron chi connectivity index (χ0n) is 13.3. The molecule has 0 heterocycles. The molecule has 23 heavy (non-hydrogen) atoms. The molecular formula is C17H20ClNO3S. The summed E-state index contributed by atoms with van der Waals surface area (Å²) in [6.07, 6.45) is 0. The molecule has 124 valence electrons. The van der Waals surface area contributed by atoms with E-state index in [1.165, 1.54) is 22.5 Å². The standard InChI is InChI=1S/C17H20ClNO3S/c1-12(2)11-19(14-5-4-6-15(20)10-14)23(21,22)17-8-7-13(3)9-16(17)18/h4-10,12,20H,11H2,1-3H3. The smallest absolute Gasteiger partial charge is 0.265 e. The van der Waals surface area contributed by atoms with E-state index < -0.39 is 10.0 Å². The van der Waals surface area contributed by atoms with Gasteiger partial charge < -0.3 is 5.11 Å². The molecule has 0 bridgehead atoms. The maximum Gasteiger partial charge on any atom is 0.265 e. The second kappa shape index (κ2) is 6.81. The van der Waals surface area contributed by atoms with Crippen molar-refractivity contribution in [2.75, 3.05) is 10.8 Å². The number of halogens is 1. The van der Waals surface area contributed by atoms with Gasteiger partial charge in [0.25, 0.3) is 10.0 Å². The van der Waals surface area contributed by atoms with Gasteiger partial charge in [-0.3, -0.25) is 4.31 Å². The first-order valence-corrected chi connectivity index (χ1v) is 9.11. The summed E-state index contributed by atoms with van der Waals surface area (Å²) in [6, 6.07) is 11.1. The SMILES string of the molecule is Cc1ccc(S(=O)(=O)N(CC(C)C)c2cccc(O)c2)c(Cl)c1. The molecule has 0 atom stereocenters. The van der Waals surface area contributed by atoms with Crippen LogP contribution in [0.2, 0.25) is 5.02 Å². The molecule has 0 aliphatic carbocycles. The summed E-state index contributed by atoms with van der Waals surface area (Å²) in [5.41, 5.74) is 1.30. The minimum Gasteiger partial charge on any atom is -0.508 e. The molecule has 0 aliphatic heterocycles. The van der Waals surface area contributed by atoms with Gasteiger partial charge in [-0.15, -0.1) is 0 Å². The van der Waals surface area contributed by atoms with Crippen LogP contribution < -0.4 is 4.31 Å². The summed E-state index contributed by atoms with van der Waals surface area (Å²) in [5, 5.41) is 9.87. The minimum absolute atomic E-state index is 0.0152. The molecule has 2 aromatic rings. The second-order valence-electron chi connectivity index (χ2n) is 5.88. The van der Waals surface area contributed by atoms with Crippen LogP contribution in [0, 0.1) is 12.8 Å². The highest BCUT2D eigenvalue weighted by molar-refractivity contribution is 7.93. The van der Waals surface area contributed by atoms with Crippen LogP contribution in [0.1, 0.15) is 19.4 Å². The van der Waals surface area contributed by atoms with Crippen LogP contribution in [-0.4, -0.2) is 20.1 Å². The third kappa shape index (κ3) is 3.98. The number of anilines is 1. The van der Waals surface area contributed by atoms with Crippen molar-refractivity contribution in [3.8, 4) is 5.75 Å². The Hall–Kier alpha value is -1.72. The number of rotatable bonds is 5. The van der Waals surface area contributed by atoms with Crippen molar-refractivity contribution in [1.29, 1.82) is 0 Å². The first kappa shape index (κ1) is 17.6. The van der Waals surface area contributed by atoms with Gasteiger partial charge in [0.1, 0.15) is 10.6 Å². The Bertz CT molecular complexity index is 803. The highest BCUT2D eigenvalue weighted by Gasteiger charge is 2.28. The van der Waals surface area contributed by atoms with Crippen molar-refractivity contribution in [3.63, 3.8) is 0 Å². The minimum atomic E-state index is -3.82. The van der Waals surface area contributed by atoms with Gasteiger partial charge in [0, 0.05) is 12.6 Å². The van der Waals surface area contributed by atoms with Crippen LogP contribution in [0.3, 0.4) is 0 Å². The lowest BCUT2D eigenvalue weighted by molar-refractivity contribution is 0.475. The topological polar surface area (TPSA) is 57.6 Å². The number of benzene rings is 2. The molecule has 6 heteroatoms. The van der Waals surface area contributed by atoms with Crippen LogP contribution in [0.15, 0.2) is 47.4 Å². The summed E-state index contributed by atoms with van der Waals surface area (Å²) in [7, 11) is -3.82. The Balaban J connectivity index is 2.57. The van der Waals surface area contributed by atoms with E-state index in [-0.39, 0.29) is 28.1 Å². The highest BCUT2D eigenvalue weighted by Crippen LogP contribution is 2.31. The highest BCUT2D eigenvalue weighted by atomic mass is 35.5. The molecule has 1 N–H and O–H groups in total. The molecule has 0 aliphatic rings. The predicted octanol–water partition coefficient (Wildman–Crippen LogP) is 4.21. The van der Waals surface area contributed by atoms with Crippen LogP contribution >= 0.6 is 11.6 Å². The summed E-state index contributed by atoms with van der Waals surface area (Å²) in [4.78, 5) is 0.0637. The molecule has 2 aromatic carbocycles. The number of phenolic OH excluding ortho intramolecular Hbond substituents is 1. The van der Waals surface area contributed by atoms with Crippen LogP contribution in [0.25, 0.3) is 0 Å². The molecule has 0 unspecified atom stereocenters. The van der Waals surface area contributed by atoms with Crippen molar-refractivity contribution in [1.82, 2.24) is 0 Å². The maximum absolute atomic E-state index is 13.1. The molecule has 0 saturated heterocycles. The fourth-order valence-electron chi connectivity index (χ4n) is 2.26. The molecule has 4 nitrogen and oxygen atoms in total. The summed E-state index contributed by atoms with van der Waals surface area (Å²) >= 11 is 6.16. The number of nitrogens with zero attached hydrogens (tertiary/aromatic N) is 1. The lowest BCUT2D eigenvalue weighted by Crippen LogP contribution is -2.34. The first-order chi connectivity index (χ1) is 10.7. The Morgan fingerprint density at radius 3 is 2.43 bits per heavy atom. The lowest BCUT2D eigenvalue weighted by Gasteiger charge is -2.26. The molecule has 0 fully saturated rings. The summed E-state index contributed by atoms with van der Waals surface area (Å²) < 4.78 is 27.4. The van der Waals surface area contributed by atoms with Gasteiger partial charge in [-0.2, -0.15) is 0 Å².